The lowest BCUT2D eigenvalue weighted by molar-refractivity contribution is -0.120. The number of hydrogen-bond donors (Lipinski definition) is 2. The number of carbonyl (C=O) groups excluding carboxylic acids is 2. The van der Waals surface area contributed by atoms with Gasteiger partial charge in [-0.15, -0.1) is 11.3 Å². The molecule has 152 valence electrons. The zero-order valence-corrected chi connectivity index (χ0v) is 17.4. The number of thiophene rings is 1. The van der Waals surface area contributed by atoms with E-state index in [4.69, 9.17) is 21.1 Å². The van der Waals surface area contributed by atoms with Gasteiger partial charge in [0.25, 0.3) is 5.91 Å². The average Bonchev–Trinajstić information content (AvgIpc) is 3.08. The van der Waals surface area contributed by atoms with Gasteiger partial charge in [-0.1, -0.05) is 29.8 Å². The summed E-state index contributed by atoms with van der Waals surface area (Å²) in [4.78, 5) is 24.7. The third kappa shape index (κ3) is 5.62. The predicted octanol–water partition coefficient (Wildman–Crippen LogP) is 3.88. The van der Waals surface area contributed by atoms with Gasteiger partial charge in [-0.3, -0.25) is 9.59 Å². The van der Waals surface area contributed by atoms with E-state index in [1.807, 2.05) is 55.5 Å². The minimum Gasteiger partial charge on any atom is -0.494 e. The minimum atomic E-state index is -0.364. The standard InChI is InChI=1S/C21H21ClN2O4S/c1-2-27-14-7-9-15(10-8-14)28-12-11-23-18(25)13-24-21(26)20-19(22)16-5-3-4-6-17(16)29-20/h3-10H,2,11-13H2,1H3,(H,23,25)(H,24,26). The summed E-state index contributed by atoms with van der Waals surface area (Å²) in [6.45, 7) is 3.04. The van der Waals surface area contributed by atoms with Crippen LogP contribution >= 0.6 is 22.9 Å². The summed E-state index contributed by atoms with van der Waals surface area (Å²) in [7, 11) is 0. The molecule has 0 aliphatic carbocycles. The number of amides is 2. The molecule has 1 aromatic heterocycles. The zero-order chi connectivity index (χ0) is 20.6. The van der Waals surface area contributed by atoms with Crippen molar-refractivity contribution < 1.29 is 19.1 Å². The fourth-order valence-electron chi connectivity index (χ4n) is 2.62. The molecular formula is C21H21ClN2O4S. The summed E-state index contributed by atoms with van der Waals surface area (Å²) < 4.78 is 11.9. The highest BCUT2D eigenvalue weighted by Gasteiger charge is 2.17. The van der Waals surface area contributed by atoms with Crippen molar-refractivity contribution in [3.8, 4) is 11.5 Å². The Morgan fingerprint density at radius 1 is 1.00 bits per heavy atom. The van der Waals surface area contributed by atoms with Crippen LogP contribution in [0.5, 0.6) is 11.5 Å². The SMILES string of the molecule is CCOc1ccc(OCCNC(=O)CNC(=O)c2sc3ccccc3c2Cl)cc1. The van der Waals surface area contributed by atoms with E-state index in [0.717, 1.165) is 15.8 Å². The third-order valence-corrected chi connectivity index (χ3v) is 5.65. The number of benzene rings is 2. The van der Waals surface area contributed by atoms with Crippen LogP contribution in [0.15, 0.2) is 48.5 Å². The fraction of sp³-hybridized carbons (Fsp3) is 0.238. The van der Waals surface area contributed by atoms with E-state index < -0.39 is 0 Å². The lowest BCUT2D eigenvalue weighted by Crippen LogP contribution is -2.38. The van der Waals surface area contributed by atoms with Gasteiger partial charge >= 0.3 is 0 Å². The number of ether oxygens (including phenoxy) is 2. The number of carbonyl (C=O) groups is 2. The minimum absolute atomic E-state index is 0.132. The Kier molecular flexibility index (Phi) is 7.32. The summed E-state index contributed by atoms with van der Waals surface area (Å²) >= 11 is 7.58. The molecule has 2 aromatic carbocycles. The number of halogens is 1. The Morgan fingerprint density at radius 3 is 2.38 bits per heavy atom. The van der Waals surface area contributed by atoms with E-state index >= 15 is 0 Å². The van der Waals surface area contributed by atoms with Crippen molar-refractivity contribution in [2.24, 2.45) is 0 Å². The van der Waals surface area contributed by atoms with Crippen molar-refractivity contribution in [1.29, 1.82) is 0 Å². The van der Waals surface area contributed by atoms with Gasteiger partial charge in [0.2, 0.25) is 5.91 Å². The number of hydrogen-bond acceptors (Lipinski definition) is 5. The van der Waals surface area contributed by atoms with Crippen molar-refractivity contribution in [2.45, 2.75) is 6.92 Å². The topological polar surface area (TPSA) is 76.7 Å². The van der Waals surface area contributed by atoms with Gasteiger partial charge in [0.1, 0.15) is 23.0 Å². The maximum Gasteiger partial charge on any atom is 0.263 e. The fourth-order valence-corrected chi connectivity index (χ4v) is 4.05. The quantitative estimate of drug-likeness (QED) is 0.503. The molecule has 0 bridgehead atoms. The molecule has 8 heteroatoms. The van der Waals surface area contributed by atoms with Crippen LogP contribution in [0.2, 0.25) is 5.02 Å². The molecule has 3 rings (SSSR count). The summed E-state index contributed by atoms with van der Waals surface area (Å²) in [6.07, 6.45) is 0. The highest BCUT2D eigenvalue weighted by atomic mass is 35.5. The molecule has 0 fully saturated rings. The average molecular weight is 433 g/mol. The Bertz CT molecular complexity index is 988. The largest absolute Gasteiger partial charge is 0.494 e. The molecule has 6 nitrogen and oxygen atoms in total. The Labute approximate surface area is 177 Å². The molecule has 0 aliphatic rings. The van der Waals surface area contributed by atoms with Gasteiger partial charge in [-0.25, -0.2) is 0 Å². The van der Waals surface area contributed by atoms with E-state index in [0.29, 0.717) is 35.4 Å². The molecule has 0 atom stereocenters. The van der Waals surface area contributed by atoms with Crippen LogP contribution in [0.3, 0.4) is 0 Å². The highest BCUT2D eigenvalue weighted by Crippen LogP contribution is 2.34. The first kappa shape index (κ1) is 21.0. The van der Waals surface area contributed by atoms with E-state index in [-0.39, 0.29) is 18.4 Å². The summed E-state index contributed by atoms with van der Waals surface area (Å²) in [5.74, 6) is 0.806. The second-order valence-corrected chi connectivity index (χ2v) is 7.46. The molecular weight excluding hydrogens is 412 g/mol. The zero-order valence-electron chi connectivity index (χ0n) is 15.9. The monoisotopic (exact) mass is 432 g/mol. The highest BCUT2D eigenvalue weighted by molar-refractivity contribution is 7.21. The predicted molar refractivity (Wildman–Crippen MR) is 115 cm³/mol. The number of fused-ring (bicyclic) bond motifs is 1. The van der Waals surface area contributed by atoms with E-state index in [1.165, 1.54) is 11.3 Å². The molecule has 3 aromatic rings. The van der Waals surface area contributed by atoms with Gasteiger partial charge in [-0.2, -0.15) is 0 Å². The summed E-state index contributed by atoms with van der Waals surface area (Å²) in [6, 6.07) is 14.8. The first-order valence-electron chi connectivity index (χ1n) is 9.16. The van der Waals surface area contributed by atoms with Crippen molar-refractivity contribution in [2.75, 3.05) is 26.3 Å². The number of nitrogens with one attached hydrogen (secondary N) is 2. The third-order valence-electron chi connectivity index (χ3n) is 3.98. The van der Waals surface area contributed by atoms with Crippen LogP contribution in [0.1, 0.15) is 16.6 Å². The van der Waals surface area contributed by atoms with Crippen LogP contribution in [0.4, 0.5) is 0 Å². The van der Waals surface area contributed by atoms with Crippen LogP contribution in [0, 0.1) is 0 Å². The first-order valence-corrected chi connectivity index (χ1v) is 10.4. The van der Waals surface area contributed by atoms with Gasteiger partial charge in [-0.05, 0) is 37.3 Å². The summed E-state index contributed by atoms with van der Waals surface area (Å²) in [5, 5.41) is 6.54. The molecule has 29 heavy (non-hydrogen) atoms. The van der Waals surface area contributed by atoms with Crippen molar-refractivity contribution in [1.82, 2.24) is 10.6 Å². The second kappa shape index (κ2) is 10.1. The maximum absolute atomic E-state index is 12.3. The first-order chi connectivity index (χ1) is 14.1. The van der Waals surface area contributed by atoms with E-state index in [9.17, 15) is 9.59 Å². The van der Waals surface area contributed by atoms with Gasteiger partial charge in [0.05, 0.1) is 24.7 Å². The lowest BCUT2D eigenvalue weighted by Gasteiger charge is -2.09. The molecule has 0 radical (unpaired) electrons. The Hall–Kier alpha value is -2.77. The van der Waals surface area contributed by atoms with Crippen LogP contribution in [0.25, 0.3) is 10.1 Å². The summed E-state index contributed by atoms with van der Waals surface area (Å²) in [5.41, 5.74) is 0. The van der Waals surface area contributed by atoms with Gasteiger partial charge < -0.3 is 20.1 Å². The van der Waals surface area contributed by atoms with Crippen molar-refractivity contribution in [3.63, 3.8) is 0 Å². The molecule has 1 heterocycles. The second-order valence-electron chi connectivity index (χ2n) is 6.03. The van der Waals surface area contributed by atoms with Gasteiger partial charge in [0, 0.05) is 10.1 Å². The molecule has 0 spiro atoms. The molecule has 0 saturated carbocycles. The van der Waals surface area contributed by atoms with Crippen molar-refractivity contribution >= 4 is 44.8 Å². The maximum atomic E-state index is 12.3. The number of rotatable bonds is 9. The molecule has 2 N–H and O–H groups in total. The molecule has 0 saturated heterocycles. The lowest BCUT2D eigenvalue weighted by atomic mass is 10.2. The molecule has 0 unspecified atom stereocenters. The van der Waals surface area contributed by atoms with Crippen molar-refractivity contribution in [3.05, 3.63) is 58.4 Å². The molecule has 0 aliphatic heterocycles. The van der Waals surface area contributed by atoms with E-state index in [2.05, 4.69) is 10.6 Å². The Balaban J connectivity index is 1.39. The van der Waals surface area contributed by atoms with Crippen LogP contribution < -0.4 is 20.1 Å². The smallest absolute Gasteiger partial charge is 0.263 e. The Morgan fingerprint density at radius 2 is 1.69 bits per heavy atom. The molecule has 2 amide bonds. The van der Waals surface area contributed by atoms with E-state index in [1.54, 1.807) is 0 Å². The normalized spacial score (nSPS) is 10.6. The van der Waals surface area contributed by atoms with Crippen LogP contribution in [-0.4, -0.2) is 38.1 Å². The van der Waals surface area contributed by atoms with Gasteiger partial charge in [0.15, 0.2) is 0 Å². The van der Waals surface area contributed by atoms with Crippen LogP contribution in [-0.2, 0) is 4.79 Å².